The first-order chi connectivity index (χ1) is 19.9. The van der Waals surface area contributed by atoms with Crippen LogP contribution in [0, 0.1) is 0 Å². The maximum Gasteiger partial charge on any atom is 0.409 e. The van der Waals surface area contributed by atoms with Crippen molar-refractivity contribution < 1.29 is 61.9 Å². The molecule has 1 aromatic rings. The minimum atomic E-state index is -1.40. The van der Waals surface area contributed by atoms with E-state index < -0.39 is 73.1 Å². The number of rotatable bonds is 12. The van der Waals surface area contributed by atoms with Crippen LogP contribution in [0.1, 0.15) is 41.5 Å². The van der Waals surface area contributed by atoms with Crippen LogP contribution in [-0.2, 0) is 47.5 Å². The summed E-state index contributed by atoms with van der Waals surface area (Å²) in [6.07, 6.45) is -7.46. The highest BCUT2D eigenvalue weighted by atomic mass is 16.7. The number of fused-ring (bicyclic) bond motifs is 1. The second-order valence-electron chi connectivity index (χ2n) is 9.53. The summed E-state index contributed by atoms with van der Waals surface area (Å²) < 4.78 is 38.5. The van der Waals surface area contributed by atoms with Gasteiger partial charge in [-0.3, -0.25) is 28.9 Å². The van der Waals surface area contributed by atoms with E-state index in [9.17, 15) is 28.8 Å². The zero-order chi connectivity index (χ0) is 31.0. The predicted molar refractivity (Wildman–Crippen MR) is 139 cm³/mol. The highest BCUT2D eigenvalue weighted by Crippen LogP contribution is 2.30. The summed E-state index contributed by atoms with van der Waals surface area (Å²) in [7, 11) is 2.86. The largest absolute Gasteiger partial charge is 0.463 e. The van der Waals surface area contributed by atoms with Gasteiger partial charge in [-0.25, -0.2) is 4.79 Å². The molecule has 0 aromatic heterocycles. The van der Waals surface area contributed by atoms with Gasteiger partial charge in [0.25, 0.3) is 11.8 Å². The average Bonchev–Trinajstić information content (AvgIpc) is 3.16. The molecule has 5 atom stereocenters. The summed E-state index contributed by atoms with van der Waals surface area (Å²) >= 11 is 0. The number of hydrogen-bond donors (Lipinski definition) is 0. The maximum absolute atomic E-state index is 12.5. The fourth-order valence-electron chi connectivity index (χ4n) is 4.28. The average molecular weight is 595 g/mol. The molecule has 1 aromatic carbocycles. The normalized spacial score (nSPS) is 23.2. The number of carbonyl (C=O) groups is 6. The SMILES string of the molecule is CC(=O)OCC1OC(OCCOCCN2C(=O)c3ccccc3C2=O)C(OC(=O)N(C)C)C(OC(C)=O)C1OC(C)=O. The molecule has 230 valence electrons. The molecule has 2 aliphatic rings. The first-order valence-electron chi connectivity index (χ1n) is 13.1. The topological polar surface area (TPSA) is 174 Å². The molecule has 2 heterocycles. The third kappa shape index (κ3) is 8.24. The van der Waals surface area contributed by atoms with Crippen LogP contribution in [0.3, 0.4) is 0 Å². The Bertz CT molecular complexity index is 1150. The molecule has 15 heteroatoms. The molecule has 42 heavy (non-hydrogen) atoms. The van der Waals surface area contributed by atoms with E-state index >= 15 is 0 Å². The fourth-order valence-corrected chi connectivity index (χ4v) is 4.28. The van der Waals surface area contributed by atoms with Gasteiger partial charge in [0.05, 0.1) is 37.5 Å². The smallest absolute Gasteiger partial charge is 0.409 e. The Morgan fingerprint density at radius 1 is 0.810 bits per heavy atom. The molecule has 0 bridgehead atoms. The van der Waals surface area contributed by atoms with Crippen LogP contribution in [0.5, 0.6) is 0 Å². The fraction of sp³-hybridized carbons (Fsp3) is 0.556. The highest BCUT2D eigenvalue weighted by Gasteiger charge is 2.53. The van der Waals surface area contributed by atoms with Crippen molar-refractivity contribution in [2.24, 2.45) is 0 Å². The standard InChI is InChI=1S/C27H34N2O13/c1-15(30)38-14-20-21(39-16(2)31)22(40-17(3)32)23(42-27(35)28(4)5)26(41-20)37-13-12-36-11-10-29-24(33)18-8-6-7-9-19(18)25(29)34/h6-9,20-23,26H,10-14H2,1-5H3. The monoisotopic (exact) mass is 594 g/mol. The van der Waals surface area contributed by atoms with E-state index in [-0.39, 0.29) is 26.4 Å². The van der Waals surface area contributed by atoms with Crippen molar-refractivity contribution >= 4 is 35.8 Å². The Morgan fingerprint density at radius 2 is 1.40 bits per heavy atom. The van der Waals surface area contributed by atoms with Gasteiger partial charge in [0.15, 0.2) is 24.6 Å². The lowest BCUT2D eigenvalue weighted by molar-refractivity contribution is -0.306. The van der Waals surface area contributed by atoms with Crippen molar-refractivity contribution in [2.45, 2.75) is 51.5 Å². The van der Waals surface area contributed by atoms with Gasteiger partial charge in [0, 0.05) is 34.9 Å². The Labute approximate surface area is 241 Å². The second kappa shape index (κ2) is 14.7. The van der Waals surface area contributed by atoms with Gasteiger partial charge in [0.2, 0.25) is 0 Å². The lowest BCUT2D eigenvalue weighted by Gasteiger charge is -2.44. The molecule has 0 aliphatic carbocycles. The Hall–Kier alpha value is -4.08. The van der Waals surface area contributed by atoms with Gasteiger partial charge < -0.3 is 38.1 Å². The molecule has 2 aliphatic heterocycles. The van der Waals surface area contributed by atoms with E-state index in [1.807, 2.05) is 0 Å². The molecule has 1 saturated heterocycles. The van der Waals surface area contributed by atoms with Gasteiger partial charge in [-0.15, -0.1) is 0 Å². The second-order valence-corrected chi connectivity index (χ2v) is 9.53. The van der Waals surface area contributed by atoms with E-state index in [4.69, 9.17) is 33.2 Å². The first-order valence-corrected chi connectivity index (χ1v) is 13.1. The Morgan fingerprint density at radius 3 is 1.95 bits per heavy atom. The van der Waals surface area contributed by atoms with E-state index in [1.54, 1.807) is 24.3 Å². The number of nitrogens with zero attached hydrogens (tertiary/aromatic N) is 2. The number of carbonyl (C=O) groups excluding carboxylic acids is 6. The van der Waals surface area contributed by atoms with Crippen LogP contribution < -0.4 is 0 Å². The highest BCUT2D eigenvalue weighted by molar-refractivity contribution is 6.21. The summed E-state index contributed by atoms with van der Waals surface area (Å²) in [5, 5.41) is 0. The molecule has 3 amide bonds. The maximum atomic E-state index is 12.5. The van der Waals surface area contributed by atoms with Crippen LogP contribution in [0.4, 0.5) is 4.79 Å². The molecular weight excluding hydrogens is 560 g/mol. The Kier molecular flexibility index (Phi) is 11.4. The predicted octanol–water partition coefficient (Wildman–Crippen LogP) is 0.534. The summed E-state index contributed by atoms with van der Waals surface area (Å²) in [5.41, 5.74) is 0.660. The van der Waals surface area contributed by atoms with Gasteiger partial charge in [-0.05, 0) is 12.1 Å². The van der Waals surface area contributed by atoms with Crippen molar-refractivity contribution in [1.82, 2.24) is 9.80 Å². The number of hydrogen-bond acceptors (Lipinski definition) is 13. The quantitative estimate of drug-likeness (QED) is 0.142. The number of amides is 3. The van der Waals surface area contributed by atoms with Crippen LogP contribution in [-0.4, -0.2) is 123 Å². The number of ether oxygens (including phenoxy) is 7. The van der Waals surface area contributed by atoms with Gasteiger partial charge in [0.1, 0.15) is 12.7 Å². The van der Waals surface area contributed by atoms with Crippen molar-refractivity contribution in [3.63, 3.8) is 0 Å². The molecule has 0 N–H and O–H groups in total. The third-order valence-corrected chi connectivity index (χ3v) is 6.10. The Balaban J connectivity index is 1.67. The van der Waals surface area contributed by atoms with Gasteiger partial charge in [-0.1, -0.05) is 12.1 Å². The minimum Gasteiger partial charge on any atom is -0.463 e. The molecule has 0 saturated carbocycles. The van der Waals surface area contributed by atoms with Crippen LogP contribution >= 0.6 is 0 Å². The molecule has 3 rings (SSSR count). The minimum absolute atomic E-state index is 0.0123. The zero-order valence-corrected chi connectivity index (χ0v) is 23.9. The number of benzene rings is 1. The molecule has 1 fully saturated rings. The molecule has 5 unspecified atom stereocenters. The van der Waals surface area contributed by atoms with Crippen LogP contribution in [0.25, 0.3) is 0 Å². The number of imide groups is 1. The van der Waals surface area contributed by atoms with Gasteiger partial charge in [-0.2, -0.15) is 0 Å². The van der Waals surface area contributed by atoms with Crippen molar-refractivity contribution in [3.05, 3.63) is 35.4 Å². The van der Waals surface area contributed by atoms with E-state index in [0.29, 0.717) is 11.1 Å². The van der Waals surface area contributed by atoms with Crippen LogP contribution in [0.2, 0.25) is 0 Å². The molecule has 0 spiro atoms. The van der Waals surface area contributed by atoms with E-state index in [0.717, 1.165) is 23.6 Å². The summed E-state index contributed by atoms with van der Waals surface area (Å²) in [6.45, 7) is 2.88. The number of esters is 3. The lowest BCUT2D eigenvalue weighted by atomic mass is 9.98. The summed E-state index contributed by atoms with van der Waals surface area (Å²) in [4.78, 5) is 75.0. The summed E-state index contributed by atoms with van der Waals surface area (Å²) in [6, 6.07) is 6.51. The summed E-state index contributed by atoms with van der Waals surface area (Å²) in [5.74, 6) is -2.98. The van der Waals surface area contributed by atoms with Crippen molar-refractivity contribution in [1.29, 1.82) is 0 Å². The van der Waals surface area contributed by atoms with Crippen LogP contribution in [0.15, 0.2) is 24.3 Å². The van der Waals surface area contributed by atoms with E-state index in [1.165, 1.54) is 21.0 Å². The zero-order valence-electron chi connectivity index (χ0n) is 23.9. The van der Waals surface area contributed by atoms with Crippen molar-refractivity contribution in [3.8, 4) is 0 Å². The first kappa shape index (κ1) is 32.4. The molecule has 0 radical (unpaired) electrons. The molecule has 15 nitrogen and oxygen atoms in total. The van der Waals surface area contributed by atoms with Gasteiger partial charge >= 0.3 is 24.0 Å². The van der Waals surface area contributed by atoms with Crippen molar-refractivity contribution in [2.75, 3.05) is 47.1 Å². The lowest BCUT2D eigenvalue weighted by Crippen LogP contribution is -2.63. The molecular formula is C27H34N2O13. The van der Waals surface area contributed by atoms with E-state index in [2.05, 4.69) is 0 Å². The third-order valence-electron chi connectivity index (χ3n) is 6.10.